The summed E-state index contributed by atoms with van der Waals surface area (Å²) in [5, 5.41) is 0. The summed E-state index contributed by atoms with van der Waals surface area (Å²) < 4.78 is 5.98. The van der Waals surface area contributed by atoms with Gasteiger partial charge in [0.15, 0.2) is 0 Å². The van der Waals surface area contributed by atoms with Crippen molar-refractivity contribution in [2.24, 2.45) is 0 Å². The molecule has 0 aliphatic heterocycles. The Labute approximate surface area is 191 Å². The normalized spacial score (nSPS) is 9.45. The van der Waals surface area contributed by atoms with Crippen LogP contribution in [-0.2, 0) is 0 Å². The Bertz CT molecular complexity index is 731. The molecule has 0 amide bonds. The van der Waals surface area contributed by atoms with Gasteiger partial charge in [0.2, 0.25) is 0 Å². The Balaban J connectivity index is 0.000000183. The van der Waals surface area contributed by atoms with Gasteiger partial charge in [0.1, 0.15) is 0 Å². The third-order valence-electron chi connectivity index (χ3n) is 3.67. The number of hydrogen-bond acceptors (Lipinski definition) is 0. The third kappa shape index (κ3) is 10.5. The molecule has 0 bridgehead atoms. The summed E-state index contributed by atoms with van der Waals surface area (Å²) in [6.45, 7) is 4.31. The molecule has 6 radical (unpaired) electrons. The van der Waals surface area contributed by atoms with Gasteiger partial charge in [-0.3, -0.25) is 0 Å². The van der Waals surface area contributed by atoms with Crippen LogP contribution < -0.4 is 17.6 Å². The average molecular weight is 512 g/mol. The Hall–Kier alpha value is -1.82. The van der Waals surface area contributed by atoms with Crippen molar-refractivity contribution in [1.29, 1.82) is 0 Å². The maximum absolute atomic E-state index is 2.22. The summed E-state index contributed by atoms with van der Waals surface area (Å²) in [6, 6.07) is 42.9. The van der Waals surface area contributed by atoms with Crippen molar-refractivity contribution < 1.29 is 0 Å². The van der Waals surface area contributed by atoms with E-state index >= 15 is 0 Å². The first-order valence-electron chi connectivity index (χ1n) is 9.64. The van der Waals surface area contributed by atoms with Crippen LogP contribution in [0, 0.1) is 0 Å². The van der Waals surface area contributed by atoms with E-state index in [1.165, 1.54) is 17.6 Å². The monoisotopic (exact) mass is 514 g/mol. The van der Waals surface area contributed by atoms with Crippen LogP contribution in [0.5, 0.6) is 0 Å². The van der Waals surface area contributed by atoms with Crippen LogP contribution in [0.2, 0.25) is 13.1 Å². The van der Waals surface area contributed by atoms with Gasteiger partial charge in [-0.25, -0.2) is 0 Å². The molecule has 0 atom stereocenters. The Morgan fingerprint density at radius 3 is 0.724 bits per heavy atom. The molecule has 0 spiro atoms. The molecule has 142 valence electrons. The molecule has 0 aliphatic rings. The van der Waals surface area contributed by atoms with Gasteiger partial charge in [0, 0.05) is 9.52 Å². The molecule has 0 aromatic heterocycles. The van der Waals surface area contributed by atoms with Gasteiger partial charge in [0.25, 0.3) is 0 Å². The second-order valence-electron chi connectivity index (χ2n) is 6.21. The van der Waals surface area contributed by atoms with Crippen molar-refractivity contribution >= 4 is 58.0 Å². The zero-order valence-corrected chi connectivity index (χ0v) is 22.2. The Kier molecular flexibility index (Phi) is 12.2. The second-order valence-corrected chi connectivity index (χ2v) is 13.1. The molecule has 4 aromatic carbocycles. The van der Waals surface area contributed by atoms with Gasteiger partial charge in [0.05, 0.1) is 0 Å². The number of rotatable bonds is 4. The summed E-state index contributed by atoms with van der Waals surface area (Å²) >= 11 is -0.216. The molecule has 3 heteroatoms. The molecular weight excluding hydrogens is 486 g/mol. The van der Waals surface area contributed by atoms with Crippen LogP contribution in [-0.4, -0.2) is 40.4 Å². The van der Waals surface area contributed by atoms with E-state index in [4.69, 9.17) is 0 Å². The molecule has 29 heavy (non-hydrogen) atoms. The van der Waals surface area contributed by atoms with Crippen LogP contribution in [0.3, 0.4) is 0 Å². The van der Waals surface area contributed by atoms with E-state index in [2.05, 4.69) is 134 Å². The fraction of sp³-hybridized carbons (Fsp3) is 0.0769. The Morgan fingerprint density at radius 1 is 0.379 bits per heavy atom. The molecule has 0 nitrogen and oxygen atoms in total. The summed E-state index contributed by atoms with van der Waals surface area (Å²) in [6.07, 6.45) is 0. The van der Waals surface area contributed by atoms with Gasteiger partial charge in [-0.1, -0.05) is 13.1 Å². The quantitative estimate of drug-likeness (QED) is 0.368. The molecule has 0 fully saturated rings. The SMILES string of the molecule is C[Si]C.c1cc[c]([Ge][c]2ccccc2)cc1.c1cc[c]([Ge][c]2ccccc2)cc1. The molecular formula is C26H26Ge2Si. The predicted molar refractivity (Wildman–Crippen MR) is 133 cm³/mol. The first kappa shape index (κ1) is 23.5. The minimum atomic E-state index is -0.108. The molecule has 0 heterocycles. The standard InChI is InChI=1S/2C12H10Ge.C2H6Si/c2*1-3-7-11(8-4-1)13-12-9-5-2-6-10-12;1-3-2/h2*1-10H;1-2H3. The topological polar surface area (TPSA) is 0 Å². The van der Waals surface area contributed by atoms with E-state index in [-0.39, 0.29) is 30.9 Å². The molecule has 4 aromatic rings. The first-order chi connectivity index (χ1) is 14.3. The van der Waals surface area contributed by atoms with Crippen molar-refractivity contribution in [1.82, 2.24) is 0 Å². The van der Waals surface area contributed by atoms with Gasteiger partial charge in [-0.05, 0) is 0 Å². The van der Waals surface area contributed by atoms with Gasteiger partial charge >= 0.3 is 170 Å². The van der Waals surface area contributed by atoms with Crippen molar-refractivity contribution in [3.8, 4) is 0 Å². The fourth-order valence-electron chi connectivity index (χ4n) is 2.42. The molecule has 4 rings (SSSR count). The number of hydrogen-bond donors (Lipinski definition) is 0. The van der Waals surface area contributed by atoms with Crippen LogP contribution in [0.1, 0.15) is 0 Å². The Morgan fingerprint density at radius 2 is 0.552 bits per heavy atom. The van der Waals surface area contributed by atoms with E-state index in [1.54, 1.807) is 0 Å². The van der Waals surface area contributed by atoms with Crippen molar-refractivity contribution in [3.05, 3.63) is 121 Å². The van der Waals surface area contributed by atoms with Gasteiger partial charge in [-0.2, -0.15) is 0 Å². The van der Waals surface area contributed by atoms with E-state index in [1.807, 2.05) is 0 Å². The van der Waals surface area contributed by atoms with Crippen molar-refractivity contribution in [3.63, 3.8) is 0 Å². The summed E-state index contributed by atoms with van der Waals surface area (Å²) in [4.78, 5) is 0. The second kappa shape index (κ2) is 15.1. The van der Waals surface area contributed by atoms with E-state index in [0.29, 0.717) is 0 Å². The molecule has 0 N–H and O–H groups in total. The van der Waals surface area contributed by atoms with Gasteiger partial charge in [-0.15, -0.1) is 0 Å². The molecule has 0 saturated heterocycles. The van der Waals surface area contributed by atoms with Gasteiger partial charge < -0.3 is 0 Å². The minimum absolute atomic E-state index is 0.108. The average Bonchev–Trinajstić information content (AvgIpc) is 2.78. The predicted octanol–water partition coefficient (Wildman–Crippen LogP) is 3.47. The summed E-state index contributed by atoms with van der Waals surface area (Å²) in [7, 11) is 1.08. The molecule has 0 aliphatic carbocycles. The zero-order valence-electron chi connectivity index (χ0n) is 17.0. The maximum atomic E-state index is 2.22. The third-order valence-corrected chi connectivity index (χ3v) is 8.89. The van der Waals surface area contributed by atoms with Crippen molar-refractivity contribution in [2.75, 3.05) is 0 Å². The van der Waals surface area contributed by atoms with E-state index in [9.17, 15) is 0 Å². The zero-order chi connectivity index (χ0) is 20.6. The molecule has 0 unspecified atom stereocenters. The van der Waals surface area contributed by atoms with Crippen molar-refractivity contribution in [2.45, 2.75) is 13.1 Å². The summed E-state index contributed by atoms with van der Waals surface area (Å²) in [5.41, 5.74) is 0. The van der Waals surface area contributed by atoms with Crippen LogP contribution >= 0.6 is 0 Å². The fourth-order valence-corrected chi connectivity index (χ4v) is 6.83. The van der Waals surface area contributed by atoms with Crippen LogP contribution in [0.25, 0.3) is 0 Å². The first-order valence-corrected chi connectivity index (χ1v) is 15.8. The number of benzene rings is 4. The van der Waals surface area contributed by atoms with E-state index < -0.39 is 0 Å². The summed E-state index contributed by atoms with van der Waals surface area (Å²) in [5.74, 6) is 0. The molecule has 0 saturated carbocycles. The van der Waals surface area contributed by atoms with Crippen LogP contribution in [0.15, 0.2) is 121 Å². The van der Waals surface area contributed by atoms with E-state index in [0.717, 1.165) is 9.52 Å². The van der Waals surface area contributed by atoms with Crippen LogP contribution in [0.4, 0.5) is 0 Å².